The number of carboxylic acids is 1. The Labute approximate surface area is 114 Å². The summed E-state index contributed by atoms with van der Waals surface area (Å²) in [5.41, 5.74) is 0.768. The molecule has 1 amide bonds. The van der Waals surface area contributed by atoms with Gasteiger partial charge in [-0.25, -0.2) is 4.79 Å². The molecule has 0 fully saturated rings. The molecule has 0 unspecified atom stereocenters. The van der Waals surface area contributed by atoms with Crippen molar-refractivity contribution in [3.63, 3.8) is 0 Å². The van der Waals surface area contributed by atoms with E-state index in [1.807, 2.05) is 6.07 Å². The molecule has 2 rings (SSSR count). The molecule has 7 heteroatoms. The number of methoxy groups -OCH3 is 1. The molecule has 7 nitrogen and oxygen atoms in total. The standard InChI is InChI=1S/C13H12N2O5/c1-19-9-4-2-3-8(5-9)7-14-12(16)10-6-11(13(17)18)20-15-10/h2-6H,7H2,1H3,(H,14,16)(H,17,18). The summed E-state index contributed by atoms with van der Waals surface area (Å²) in [4.78, 5) is 22.4. The molecule has 1 heterocycles. The van der Waals surface area contributed by atoms with Crippen LogP contribution in [0.3, 0.4) is 0 Å². The van der Waals surface area contributed by atoms with Crippen molar-refractivity contribution in [3.8, 4) is 5.75 Å². The zero-order chi connectivity index (χ0) is 14.5. The summed E-state index contributed by atoms with van der Waals surface area (Å²) >= 11 is 0. The van der Waals surface area contributed by atoms with Gasteiger partial charge < -0.3 is 19.7 Å². The van der Waals surface area contributed by atoms with Gasteiger partial charge in [0, 0.05) is 12.6 Å². The van der Waals surface area contributed by atoms with Crippen molar-refractivity contribution in [2.45, 2.75) is 6.54 Å². The highest BCUT2D eigenvalue weighted by Gasteiger charge is 2.16. The predicted molar refractivity (Wildman–Crippen MR) is 67.6 cm³/mol. The van der Waals surface area contributed by atoms with Gasteiger partial charge >= 0.3 is 5.97 Å². The summed E-state index contributed by atoms with van der Waals surface area (Å²) in [6, 6.07) is 8.28. The quantitative estimate of drug-likeness (QED) is 0.853. The fourth-order valence-electron chi connectivity index (χ4n) is 1.54. The predicted octanol–water partition coefficient (Wildman–Crippen LogP) is 1.31. The average molecular weight is 276 g/mol. The number of nitrogens with one attached hydrogen (secondary N) is 1. The first-order valence-electron chi connectivity index (χ1n) is 5.71. The van der Waals surface area contributed by atoms with E-state index >= 15 is 0 Å². The molecule has 0 saturated carbocycles. The Kier molecular flexibility index (Phi) is 3.99. The van der Waals surface area contributed by atoms with Crippen LogP contribution < -0.4 is 10.1 Å². The molecule has 0 aliphatic heterocycles. The van der Waals surface area contributed by atoms with E-state index in [0.717, 1.165) is 11.6 Å². The molecule has 1 aromatic carbocycles. The minimum atomic E-state index is -1.27. The Balaban J connectivity index is 1.98. The van der Waals surface area contributed by atoms with E-state index in [0.29, 0.717) is 5.75 Å². The SMILES string of the molecule is COc1cccc(CNC(=O)c2cc(C(=O)O)on2)c1. The van der Waals surface area contributed by atoms with Gasteiger partial charge in [-0.2, -0.15) is 0 Å². The van der Waals surface area contributed by atoms with E-state index in [-0.39, 0.29) is 18.0 Å². The number of hydrogen-bond donors (Lipinski definition) is 2. The number of carbonyl (C=O) groups is 2. The number of benzene rings is 1. The monoisotopic (exact) mass is 276 g/mol. The normalized spacial score (nSPS) is 10.1. The smallest absolute Gasteiger partial charge is 0.374 e. The number of rotatable bonds is 5. The van der Waals surface area contributed by atoms with Crippen molar-refractivity contribution in [3.05, 3.63) is 47.3 Å². The van der Waals surface area contributed by atoms with E-state index in [9.17, 15) is 9.59 Å². The molecule has 0 saturated heterocycles. The lowest BCUT2D eigenvalue weighted by atomic mass is 10.2. The molecule has 0 atom stereocenters. The van der Waals surface area contributed by atoms with Crippen molar-refractivity contribution in [2.75, 3.05) is 7.11 Å². The van der Waals surface area contributed by atoms with Crippen molar-refractivity contribution >= 4 is 11.9 Å². The minimum Gasteiger partial charge on any atom is -0.497 e. The maximum atomic E-state index is 11.8. The number of nitrogens with zero attached hydrogens (tertiary/aromatic N) is 1. The molecule has 1 aromatic heterocycles. The Hall–Kier alpha value is -2.83. The summed E-state index contributed by atoms with van der Waals surface area (Å²) in [6.07, 6.45) is 0. The second-order valence-electron chi connectivity index (χ2n) is 3.92. The Morgan fingerprint density at radius 1 is 1.40 bits per heavy atom. The van der Waals surface area contributed by atoms with Gasteiger partial charge in [-0.1, -0.05) is 17.3 Å². The zero-order valence-corrected chi connectivity index (χ0v) is 10.6. The lowest BCUT2D eigenvalue weighted by Gasteiger charge is -2.05. The van der Waals surface area contributed by atoms with Crippen LogP contribution in [0, 0.1) is 0 Å². The molecule has 104 valence electrons. The lowest BCUT2D eigenvalue weighted by Crippen LogP contribution is -2.23. The molecular formula is C13H12N2O5. The van der Waals surface area contributed by atoms with Gasteiger partial charge in [0.25, 0.3) is 5.91 Å². The fourth-order valence-corrected chi connectivity index (χ4v) is 1.54. The van der Waals surface area contributed by atoms with E-state index < -0.39 is 11.9 Å². The van der Waals surface area contributed by atoms with Crippen LogP contribution in [-0.4, -0.2) is 29.2 Å². The fraction of sp³-hybridized carbons (Fsp3) is 0.154. The second kappa shape index (κ2) is 5.87. The lowest BCUT2D eigenvalue weighted by molar-refractivity contribution is 0.0651. The number of carboxylic acid groups (broad SMARTS) is 1. The number of ether oxygens (including phenoxy) is 1. The van der Waals surface area contributed by atoms with E-state index in [2.05, 4.69) is 15.0 Å². The number of aromatic nitrogens is 1. The summed E-state index contributed by atoms with van der Waals surface area (Å²) in [7, 11) is 1.56. The summed E-state index contributed by atoms with van der Waals surface area (Å²) < 4.78 is 9.58. The molecule has 0 aliphatic carbocycles. The van der Waals surface area contributed by atoms with Crippen LogP contribution in [0.4, 0.5) is 0 Å². The van der Waals surface area contributed by atoms with Crippen LogP contribution in [0.25, 0.3) is 0 Å². The molecule has 2 aromatic rings. The van der Waals surface area contributed by atoms with Gasteiger partial charge in [0.2, 0.25) is 5.76 Å². The third-order valence-corrected chi connectivity index (χ3v) is 2.54. The molecule has 0 aliphatic rings. The van der Waals surface area contributed by atoms with Crippen molar-refractivity contribution in [1.82, 2.24) is 10.5 Å². The van der Waals surface area contributed by atoms with Crippen LogP contribution in [0.1, 0.15) is 26.6 Å². The molecule has 20 heavy (non-hydrogen) atoms. The van der Waals surface area contributed by atoms with Gasteiger partial charge in [0.1, 0.15) is 5.75 Å². The highest BCUT2D eigenvalue weighted by molar-refractivity contribution is 5.94. The highest BCUT2D eigenvalue weighted by Crippen LogP contribution is 2.12. The Morgan fingerprint density at radius 3 is 2.85 bits per heavy atom. The number of hydrogen-bond acceptors (Lipinski definition) is 5. The summed E-state index contributed by atoms with van der Waals surface area (Å²) in [5.74, 6) is -1.48. The molecule has 2 N–H and O–H groups in total. The first-order valence-corrected chi connectivity index (χ1v) is 5.71. The molecule has 0 bridgehead atoms. The van der Waals surface area contributed by atoms with Gasteiger partial charge in [0.05, 0.1) is 7.11 Å². The van der Waals surface area contributed by atoms with Gasteiger partial charge in [-0.3, -0.25) is 4.79 Å². The van der Waals surface area contributed by atoms with Crippen molar-refractivity contribution in [2.24, 2.45) is 0 Å². The summed E-state index contributed by atoms with van der Waals surface area (Å²) in [5, 5.41) is 14.7. The Bertz CT molecular complexity index is 635. The third-order valence-electron chi connectivity index (χ3n) is 2.54. The van der Waals surface area contributed by atoms with Crippen molar-refractivity contribution in [1.29, 1.82) is 0 Å². The maximum absolute atomic E-state index is 11.8. The second-order valence-corrected chi connectivity index (χ2v) is 3.92. The van der Waals surface area contributed by atoms with E-state index in [4.69, 9.17) is 9.84 Å². The third kappa shape index (κ3) is 3.14. The Morgan fingerprint density at radius 2 is 2.20 bits per heavy atom. The molecule has 0 radical (unpaired) electrons. The zero-order valence-electron chi connectivity index (χ0n) is 10.6. The van der Waals surface area contributed by atoms with Gasteiger partial charge in [-0.05, 0) is 17.7 Å². The average Bonchev–Trinajstić information content (AvgIpc) is 2.95. The van der Waals surface area contributed by atoms with Crippen LogP contribution in [0.2, 0.25) is 0 Å². The topological polar surface area (TPSA) is 102 Å². The number of carbonyl (C=O) groups excluding carboxylic acids is 1. The maximum Gasteiger partial charge on any atom is 0.374 e. The first kappa shape index (κ1) is 13.6. The largest absolute Gasteiger partial charge is 0.497 e. The number of aromatic carboxylic acids is 1. The van der Waals surface area contributed by atoms with Gasteiger partial charge in [-0.15, -0.1) is 0 Å². The molecular weight excluding hydrogens is 264 g/mol. The first-order chi connectivity index (χ1) is 9.60. The van der Waals surface area contributed by atoms with Crippen LogP contribution in [0.5, 0.6) is 5.75 Å². The highest BCUT2D eigenvalue weighted by atomic mass is 16.5. The van der Waals surface area contributed by atoms with Crippen LogP contribution in [0.15, 0.2) is 34.9 Å². The summed E-state index contributed by atoms with van der Waals surface area (Å²) in [6.45, 7) is 0.269. The minimum absolute atomic E-state index is 0.0784. The van der Waals surface area contributed by atoms with Crippen LogP contribution >= 0.6 is 0 Å². The van der Waals surface area contributed by atoms with E-state index in [1.54, 1.807) is 25.3 Å². The van der Waals surface area contributed by atoms with E-state index in [1.165, 1.54) is 0 Å². The number of amides is 1. The van der Waals surface area contributed by atoms with Crippen LogP contribution in [-0.2, 0) is 6.54 Å². The van der Waals surface area contributed by atoms with Gasteiger partial charge in [0.15, 0.2) is 5.69 Å². The molecule has 0 spiro atoms. The van der Waals surface area contributed by atoms with Crippen molar-refractivity contribution < 1.29 is 24.0 Å².